The highest BCUT2D eigenvalue weighted by Gasteiger charge is 2.41. The number of piperidine rings is 1. The van der Waals surface area contributed by atoms with Crippen molar-refractivity contribution in [2.75, 3.05) is 0 Å². The Morgan fingerprint density at radius 2 is 1.65 bits per heavy atom. The molecule has 1 heterocycles. The Hall–Kier alpha value is -0.460. The number of rotatable bonds is 3. The van der Waals surface area contributed by atoms with Gasteiger partial charge in [-0.15, -0.1) is 0 Å². The van der Waals surface area contributed by atoms with Crippen LogP contribution in [0.15, 0.2) is 0 Å². The Morgan fingerprint density at radius 3 is 2.18 bits per heavy atom. The Kier molecular flexibility index (Phi) is 4.69. The highest BCUT2D eigenvalue weighted by molar-refractivity contribution is 4.85. The van der Waals surface area contributed by atoms with Crippen LogP contribution in [0.3, 0.4) is 0 Å². The molecule has 1 rings (SSSR count). The molecule has 2 atom stereocenters. The summed E-state index contributed by atoms with van der Waals surface area (Å²) in [4.78, 5) is 0. The van der Waals surface area contributed by atoms with Crippen LogP contribution in [0, 0.1) is 0 Å². The van der Waals surface area contributed by atoms with Crippen molar-refractivity contribution in [3.8, 4) is 0 Å². The monoisotopic (exact) mass is 263 g/mol. The quantitative estimate of drug-likeness (QED) is 0.764. The second-order valence-electron chi connectivity index (χ2n) is 4.40. The lowest BCUT2D eigenvalue weighted by atomic mass is 9.95. The maximum Gasteiger partial charge on any atom is 0.403 e. The molecule has 1 saturated heterocycles. The molecule has 17 heavy (non-hydrogen) atoms. The number of hydrogen-bond acceptors (Lipinski definition) is 1. The molecule has 0 saturated carbocycles. The van der Waals surface area contributed by atoms with Crippen molar-refractivity contribution >= 4 is 0 Å². The average Bonchev–Trinajstić information content (AvgIpc) is 2.15. The standard InChI is InChI=1S/C10H15F6N/c11-9(12,13)6-2-4-7-3-1-5-8(17-7)10(14,15)16/h7-8,17H,1-6H2. The summed E-state index contributed by atoms with van der Waals surface area (Å²) in [6.07, 6.45) is -8.49. The van der Waals surface area contributed by atoms with Gasteiger partial charge in [0, 0.05) is 12.5 Å². The van der Waals surface area contributed by atoms with Crippen LogP contribution in [0.25, 0.3) is 0 Å². The van der Waals surface area contributed by atoms with Crippen molar-refractivity contribution in [2.45, 2.75) is 63.0 Å². The van der Waals surface area contributed by atoms with Gasteiger partial charge in [0.05, 0.1) is 0 Å². The molecule has 1 N–H and O–H groups in total. The van der Waals surface area contributed by atoms with Crippen LogP contribution in [0.1, 0.15) is 38.5 Å². The first-order valence-electron chi connectivity index (χ1n) is 5.58. The van der Waals surface area contributed by atoms with E-state index in [1.807, 2.05) is 0 Å². The minimum Gasteiger partial charge on any atom is -0.303 e. The van der Waals surface area contributed by atoms with Gasteiger partial charge in [0.1, 0.15) is 6.04 Å². The zero-order valence-electron chi connectivity index (χ0n) is 9.17. The van der Waals surface area contributed by atoms with E-state index in [0.29, 0.717) is 12.8 Å². The third kappa shape index (κ3) is 5.61. The molecule has 0 aromatic carbocycles. The van der Waals surface area contributed by atoms with Gasteiger partial charge in [0.15, 0.2) is 0 Å². The average molecular weight is 263 g/mol. The molecule has 102 valence electrons. The number of hydrogen-bond donors (Lipinski definition) is 1. The summed E-state index contributed by atoms with van der Waals surface area (Å²) >= 11 is 0. The fourth-order valence-corrected chi connectivity index (χ4v) is 2.05. The summed E-state index contributed by atoms with van der Waals surface area (Å²) in [5.41, 5.74) is 0. The van der Waals surface area contributed by atoms with Crippen molar-refractivity contribution in [3.05, 3.63) is 0 Å². The molecule has 0 amide bonds. The summed E-state index contributed by atoms with van der Waals surface area (Å²) in [6.45, 7) is 0. The minimum atomic E-state index is -4.30. The Labute approximate surface area is 95.6 Å². The molecular formula is C10H15F6N. The van der Waals surface area contributed by atoms with E-state index in [1.54, 1.807) is 0 Å². The first-order chi connectivity index (χ1) is 7.68. The Balaban J connectivity index is 2.30. The smallest absolute Gasteiger partial charge is 0.303 e. The largest absolute Gasteiger partial charge is 0.403 e. The molecule has 0 spiro atoms. The Bertz CT molecular complexity index is 234. The molecule has 1 nitrogen and oxygen atoms in total. The van der Waals surface area contributed by atoms with Crippen molar-refractivity contribution in [1.29, 1.82) is 0 Å². The third-order valence-corrected chi connectivity index (χ3v) is 2.89. The molecule has 1 fully saturated rings. The molecule has 0 bridgehead atoms. The van der Waals surface area contributed by atoms with E-state index in [1.165, 1.54) is 0 Å². The molecule has 1 aliphatic heterocycles. The lowest BCUT2D eigenvalue weighted by Crippen LogP contribution is -2.50. The first kappa shape index (κ1) is 14.6. The zero-order valence-corrected chi connectivity index (χ0v) is 9.17. The van der Waals surface area contributed by atoms with E-state index in [9.17, 15) is 26.3 Å². The summed E-state index contributed by atoms with van der Waals surface area (Å²) in [6, 6.07) is -2.01. The highest BCUT2D eigenvalue weighted by Crippen LogP contribution is 2.30. The Morgan fingerprint density at radius 1 is 1.00 bits per heavy atom. The van der Waals surface area contributed by atoms with Crippen LogP contribution in [0.2, 0.25) is 0 Å². The summed E-state index contributed by atoms with van der Waals surface area (Å²) in [5, 5.41) is 2.39. The van der Waals surface area contributed by atoms with E-state index in [0.717, 1.165) is 0 Å². The first-order valence-corrected chi connectivity index (χ1v) is 5.58. The predicted molar refractivity (Wildman–Crippen MR) is 50.5 cm³/mol. The van der Waals surface area contributed by atoms with E-state index in [4.69, 9.17) is 0 Å². The summed E-state index contributed by atoms with van der Waals surface area (Å²) in [5.74, 6) is 0. The van der Waals surface area contributed by atoms with Gasteiger partial charge >= 0.3 is 12.4 Å². The topological polar surface area (TPSA) is 12.0 Å². The van der Waals surface area contributed by atoms with Gasteiger partial charge in [-0.05, 0) is 25.7 Å². The molecule has 2 unspecified atom stereocenters. The van der Waals surface area contributed by atoms with E-state index in [2.05, 4.69) is 5.32 Å². The molecule has 7 heteroatoms. The fourth-order valence-electron chi connectivity index (χ4n) is 2.05. The van der Waals surface area contributed by atoms with Crippen molar-refractivity contribution < 1.29 is 26.3 Å². The van der Waals surface area contributed by atoms with Crippen LogP contribution >= 0.6 is 0 Å². The zero-order chi connectivity index (χ0) is 13.1. The van der Waals surface area contributed by atoms with Gasteiger partial charge in [-0.1, -0.05) is 6.42 Å². The lowest BCUT2D eigenvalue weighted by molar-refractivity contribution is -0.164. The van der Waals surface area contributed by atoms with Gasteiger partial charge < -0.3 is 5.32 Å². The molecule has 0 aromatic heterocycles. The third-order valence-electron chi connectivity index (χ3n) is 2.89. The van der Waals surface area contributed by atoms with E-state index < -0.39 is 30.9 Å². The number of nitrogens with one attached hydrogen (secondary N) is 1. The van der Waals surface area contributed by atoms with E-state index >= 15 is 0 Å². The fraction of sp³-hybridized carbons (Fsp3) is 1.00. The predicted octanol–water partition coefficient (Wildman–Crippen LogP) is 3.79. The van der Waals surface area contributed by atoms with Gasteiger partial charge in [0.25, 0.3) is 0 Å². The number of alkyl halides is 6. The van der Waals surface area contributed by atoms with Gasteiger partial charge in [-0.3, -0.25) is 0 Å². The maximum atomic E-state index is 12.4. The normalized spacial score (nSPS) is 27.2. The van der Waals surface area contributed by atoms with Crippen molar-refractivity contribution in [1.82, 2.24) is 5.32 Å². The van der Waals surface area contributed by atoms with Gasteiger partial charge in [-0.2, -0.15) is 26.3 Å². The highest BCUT2D eigenvalue weighted by atomic mass is 19.4. The SMILES string of the molecule is FC(F)(F)CCCC1CCCC(C(F)(F)F)N1. The number of halogens is 6. The van der Waals surface area contributed by atoms with Crippen LogP contribution in [0.5, 0.6) is 0 Å². The second kappa shape index (κ2) is 5.46. The second-order valence-corrected chi connectivity index (χ2v) is 4.40. The molecular weight excluding hydrogens is 248 g/mol. The molecule has 0 aliphatic carbocycles. The summed E-state index contributed by atoms with van der Waals surface area (Å²) < 4.78 is 72.8. The van der Waals surface area contributed by atoms with Crippen LogP contribution in [-0.4, -0.2) is 24.4 Å². The summed E-state index contributed by atoms with van der Waals surface area (Å²) in [7, 11) is 0. The van der Waals surface area contributed by atoms with Gasteiger partial charge in [0.2, 0.25) is 0 Å². The molecule has 1 aliphatic rings. The lowest BCUT2D eigenvalue weighted by Gasteiger charge is -2.32. The maximum absolute atomic E-state index is 12.4. The molecule has 0 aromatic rings. The van der Waals surface area contributed by atoms with Crippen molar-refractivity contribution in [3.63, 3.8) is 0 Å². The van der Waals surface area contributed by atoms with Crippen LogP contribution < -0.4 is 5.32 Å². The molecule has 0 radical (unpaired) electrons. The van der Waals surface area contributed by atoms with E-state index in [-0.39, 0.29) is 19.3 Å². The van der Waals surface area contributed by atoms with Gasteiger partial charge in [-0.25, -0.2) is 0 Å². The van der Waals surface area contributed by atoms with Crippen LogP contribution in [0.4, 0.5) is 26.3 Å². The minimum absolute atomic E-state index is 0.0132. The van der Waals surface area contributed by atoms with Crippen molar-refractivity contribution in [2.24, 2.45) is 0 Å². The van der Waals surface area contributed by atoms with Crippen LogP contribution in [-0.2, 0) is 0 Å².